The van der Waals surface area contributed by atoms with Crippen LogP contribution in [0.5, 0.6) is 0 Å². The number of hydrogen-bond donors (Lipinski definition) is 3. The van der Waals surface area contributed by atoms with Gasteiger partial charge in [0.25, 0.3) is 0 Å². The molecule has 0 radical (unpaired) electrons. The van der Waals surface area contributed by atoms with Gasteiger partial charge in [0, 0.05) is 0 Å². The minimum absolute atomic E-state index is 0. The Bertz CT molecular complexity index is 389. The van der Waals surface area contributed by atoms with Gasteiger partial charge in [-0.15, -0.1) is 12.4 Å². The lowest BCUT2D eigenvalue weighted by Crippen LogP contribution is -2.36. The fourth-order valence-corrected chi connectivity index (χ4v) is 1.16. The van der Waals surface area contributed by atoms with E-state index in [1.165, 1.54) is 12.1 Å². The Morgan fingerprint density at radius 2 is 2.06 bits per heavy atom. The third-order valence-electron chi connectivity index (χ3n) is 1.91. The molecule has 0 saturated heterocycles. The van der Waals surface area contributed by atoms with Crippen molar-refractivity contribution in [3.05, 3.63) is 34.6 Å². The maximum absolute atomic E-state index is 13.0. The van der Waals surface area contributed by atoms with Crippen molar-refractivity contribution in [2.24, 2.45) is 5.73 Å². The van der Waals surface area contributed by atoms with Crippen LogP contribution in [0.15, 0.2) is 18.2 Å². The third-order valence-corrected chi connectivity index (χ3v) is 2.22. The summed E-state index contributed by atoms with van der Waals surface area (Å²) in [6.07, 6.45) is -1.46. The number of hydrogen-bond acceptors (Lipinski definition) is 3. The van der Waals surface area contributed by atoms with Crippen LogP contribution in [0.25, 0.3) is 0 Å². The summed E-state index contributed by atoms with van der Waals surface area (Å²) in [6, 6.07) is 2.00. The lowest BCUT2D eigenvalue weighted by Gasteiger charge is -2.15. The van der Waals surface area contributed by atoms with E-state index in [-0.39, 0.29) is 23.0 Å². The number of rotatable bonds is 3. The lowest BCUT2D eigenvalue weighted by molar-refractivity contribution is -0.141. The van der Waals surface area contributed by atoms with Gasteiger partial charge < -0.3 is 15.9 Å². The highest BCUT2D eigenvalue weighted by Gasteiger charge is 2.24. The highest BCUT2D eigenvalue weighted by molar-refractivity contribution is 6.30. The van der Waals surface area contributed by atoms with Crippen LogP contribution in [0.4, 0.5) is 4.39 Å². The molecule has 0 aliphatic rings. The first kappa shape index (κ1) is 15.1. The van der Waals surface area contributed by atoms with Gasteiger partial charge >= 0.3 is 5.97 Å². The fourth-order valence-electron chi connectivity index (χ4n) is 1.04. The highest BCUT2D eigenvalue weighted by atomic mass is 35.5. The molecule has 1 aromatic carbocycles. The number of carboxylic acids is 1. The molecule has 4 N–H and O–H groups in total. The second-order valence-corrected chi connectivity index (χ2v) is 3.39. The van der Waals surface area contributed by atoms with Gasteiger partial charge in [0.15, 0.2) is 0 Å². The van der Waals surface area contributed by atoms with Gasteiger partial charge in [-0.1, -0.05) is 17.7 Å². The van der Waals surface area contributed by atoms with E-state index in [4.69, 9.17) is 22.4 Å². The first-order valence-electron chi connectivity index (χ1n) is 4.05. The predicted molar refractivity (Wildman–Crippen MR) is 59.2 cm³/mol. The van der Waals surface area contributed by atoms with Crippen molar-refractivity contribution in [3.63, 3.8) is 0 Å². The van der Waals surface area contributed by atoms with Gasteiger partial charge in [-0.2, -0.15) is 0 Å². The first-order chi connectivity index (χ1) is 6.93. The Morgan fingerprint density at radius 3 is 2.50 bits per heavy atom. The Morgan fingerprint density at radius 1 is 1.50 bits per heavy atom. The van der Waals surface area contributed by atoms with Crippen LogP contribution in [0.2, 0.25) is 5.02 Å². The molecule has 0 amide bonds. The van der Waals surface area contributed by atoms with E-state index in [2.05, 4.69) is 0 Å². The monoisotopic (exact) mass is 269 g/mol. The van der Waals surface area contributed by atoms with E-state index in [9.17, 15) is 14.3 Å². The maximum atomic E-state index is 13.0. The van der Waals surface area contributed by atoms with Gasteiger partial charge in [-0.05, 0) is 17.7 Å². The van der Waals surface area contributed by atoms with E-state index < -0.39 is 23.9 Å². The number of nitrogens with two attached hydrogens (primary N) is 1. The quantitative estimate of drug-likeness (QED) is 0.774. The molecule has 1 rings (SSSR count). The summed E-state index contributed by atoms with van der Waals surface area (Å²) >= 11 is 5.42. The van der Waals surface area contributed by atoms with Crippen LogP contribution in [-0.4, -0.2) is 22.2 Å². The van der Waals surface area contributed by atoms with Crippen molar-refractivity contribution in [3.8, 4) is 0 Å². The molecule has 0 bridgehead atoms. The molecule has 0 aliphatic carbocycles. The van der Waals surface area contributed by atoms with Gasteiger partial charge in [0.1, 0.15) is 18.0 Å². The van der Waals surface area contributed by atoms with E-state index in [0.717, 1.165) is 6.07 Å². The molecule has 4 nitrogen and oxygen atoms in total. The van der Waals surface area contributed by atoms with Crippen LogP contribution in [0.1, 0.15) is 11.7 Å². The zero-order valence-electron chi connectivity index (χ0n) is 7.93. The Balaban J connectivity index is 0.00000225. The molecule has 1 aromatic rings. The Hall–Kier alpha value is -0.880. The van der Waals surface area contributed by atoms with Gasteiger partial charge in [0.05, 0.1) is 5.02 Å². The average Bonchev–Trinajstić information content (AvgIpc) is 2.19. The van der Waals surface area contributed by atoms with E-state index >= 15 is 0 Å². The molecule has 0 fully saturated rings. The summed E-state index contributed by atoms with van der Waals surface area (Å²) < 4.78 is 13.0. The molecule has 0 aromatic heterocycles. The molecule has 2 unspecified atom stereocenters. The highest BCUT2D eigenvalue weighted by Crippen LogP contribution is 2.21. The second kappa shape index (κ2) is 6.00. The molecule has 0 saturated carbocycles. The van der Waals surface area contributed by atoms with Crippen molar-refractivity contribution < 1.29 is 19.4 Å². The molecule has 0 aliphatic heterocycles. The number of aliphatic hydroxyl groups is 1. The molecule has 16 heavy (non-hydrogen) atoms. The van der Waals surface area contributed by atoms with E-state index in [1.54, 1.807) is 0 Å². The minimum Gasteiger partial charge on any atom is -0.480 e. The maximum Gasteiger partial charge on any atom is 0.323 e. The average molecular weight is 270 g/mol. The van der Waals surface area contributed by atoms with Crippen LogP contribution >= 0.6 is 24.0 Å². The summed E-state index contributed by atoms with van der Waals surface area (Å²) in [7, 11) is 0. The molecule has 0 heterocycles. The number of aliphatic hydroxyl groups excluding tert-OH is 1. The SMILES string of the molecule is Cl.NC(C(=O)O)C(O)c1ccc(Cl)c(F)c1. The van der Waals surface area contributed by atoms with Crippen LogP contribution in [0, 0.1) is 5.82 Å². The van der Waals surface area contributed by atoms with Crippen molar-refractivity contribution in [2.45, 2.75) is 12.1 Å². The Kier molecular flexibility index (Phi) is 5.67. The second-order valence-electron chi connectivity index (χ2n) is 2.98. The summed E-state index contributed by atoms with van der Waals surface area (Å²) in [5.41, 5.74) is 5.25. The third kappa shape index (κ3) is 3.31. The van der Waals surface area contributed by atoms with Gasteiger partial charge in [-0.25, -0.2) is 4.39 Å². The standard InChI is InChI=1S/C9H9ClFNO3.ClH/c10-5-2-1-4(3-6(5)11)8(13)7(12)9(14)15;/h1-3,7-8,13H,12H2,(H,14,15);1H. The van der Waals surface area contributed by atoms with Gasteiger partial charge in [-0.3, -0.25) is 4.79 Å². The minimum atomic E-state index is -1.49. The zero-order valence-corrected chi connectivity index (χ0v) is 9.50. The number of aliphatic carboxylic acids is 1. The van der Waals surface area contributed by atoms with Crippen LogP contribution < -0.4 is 5.73 Å². The molecular weight excluding hydrogens is 260 g/mol. The number of benzene rings is 1. The Labute approximate surface area is 102 Å². The molecule has 0 spiro atoms. The summed E-state index contributed by atoms with van der Waals surface area (Å²) in [4.78, 5) is 10.5. The molecule has 2 atom stereocenters. The van der Waals surface area contributed by atoms with Crippen molar-refractivity contribution in [1.82, 2.24) is 0 Å². The number of halogens is 3. The molecule has 90 valence electrons. The molecule has 7 heteroatoms. The van der Waals surface area contributed by atoms with Crippen LogP contribution in [-0.2, 0) is 4.79 Å². The lowest BCUT2D eigenvalue weighted by atomic mass is 10.0. The summed E-state index contributed by atoms with van der Waals surface area (Å²) in [6.45, 7) is 0. The fraction of sp³-hybridized carbons (Fsp3) is 0.222. The van der Waals surface area contributed by atoms with Crippen molar-refractivity contribution >= 4 is 30.0 Å². The largest absolute Gasteiger partial charge is 0.480 e. The smallest absolute Gasteiger partial charge is 0.323 e. The number of carbonyl (C=O) groups is 1. The van der Waals surface area contributed by atoms with Crippen molar-refractivity contribution in [1.29, 1.82) is 0 Å². The number of carboxylic acid groups (broad SMARTS) is 1. The normalized spacial score (nSPS) is 13.8. The van der Waals surface area contributed by atoms with Crippen molar-refractivity contribution in [2.75, 3.05) is 0 Å². The van der Waals surface area contributed by atoms with E-state index in [1.807, 2.05) is 0 Å². The molecular formula is C9H10Cl2FNO3. The summed E-state index contributed by atoms with van der Waals surface area (Å²) in [5.74, 6) is -2.09. The van der Waals surface area contributed by atoms with Gasteiger partial charge in [0.2, 0.25) is 0 Å². The predicted octanol–water partition coefficient (Wildman–Crippen LogP) is 1.35. The van der Waals surface area contributed by atoms with Crippen LogP contribution in [0.3, 0.4) is 0 Å². The summed E-state index contributed by atoms with van der Waals surface area (Å²) in [5, 5.41) is 17.9. The zero-order chi connectivity index (χ0) is 11.6. The first-order valence-corrected chi connectivity index (χ1v) is 4.42. The van der Waals surface area contributed by atoms with E-state index in [0.29, 0.717) is 0 Å². The topological polar surface area (TPSA) is 83.6 Å².